The van der Waals surface area contributed by atoms with Crippen LogP contribution < -0.4 is 0 Å². The van der Waals surface area contributed by atoms with Crippen molar-refractivity contribution in [2.45, 2.75) is 44.7 Å². The molecule has 4 rings (SSSR count). The molecule has 0 radical (unpaired) electrons. The average Bonchev–Trinajstić information content (AvgIpc) is 3.05. The summed E-state index contributed by atoms with van der Waals surface area (Å²) in [6.45, 7) is 4.92. The third-order valence-electron chi connectivity index (χ3n) is 5.32. The summed E-state index contributed by atoms with van der Waals surface area (Å²) in [5.41, 5.74) is 2.95. The van der Waals surface area contributed by atoms with E-state index in [1.165, 1.54) is 17.5 Å². The molecule has 0 N–H and O–H groups in total. The van der Waals surface area contributed by atoms with Gasteiger partial charge in [0.1, 0.15) is 6.61 Å². The zero-order chi connectivity index (χ0) is 13.9. The lowest BCUT2D eigenvalue weighted by molar-refractivity contribution is 0.152. The van der Waals surface area contributed by atoms with E-state index in [2.05, 4.69) is 43.0 Å². The Morgan fingerprint density at radius 1 is 1.30 bits per heavy atom. The molecular formula is C17H21NO2. The first-order valence-electron chi connectivity index (χ1n) is 7.71. The molecule has 1 saturated heterocycles. The molecule has 4 atom stereocenters. The molecule has 2 aliphatic carbocycles. The normalized spacial score (nSPS) is 34.8. The van der Waals surface area contributed by atoms with Crippen LogP contribution in [0.1, 0.15) is 37.3 Å². The van der Waals surface area contributed by atoms with Crippen molar-refractivity contribution < 1.29 is 9.53 Å². The van der Waals surface area contributed by atoms with E-state index in [9.17, 15) is 4.79 Å². The molecular weight excluding hydrogens is 250 g/mol. The van der Waals surface area contributed by atoms with E-state index < -0.39 is 0 Å². The Balaban J connectivity index is 1.65. The van der Waals surface area contributed by atoms with Gasteiger partial charge in [-0.15, -0.1) is 0 Å². The number of hydrogen-bond donors (Lipinski definition) is 0. The number of aryl methyl sites for hydroxylation is 1. The Hall–Kier alpha value is -1.51. The monoisotopic (exact) mass is 271 g/mol. The topological polar surface area (TPSA) is 29.5 Å². The highest BCUT2D eigenvalue weighted by atomic mass is 16.6. The van der Waals surface area contributed by atoms with Crippen molar-refractivity contribution >= 4 is 6.09 Å². The number of benzene rings is 1. The molecule has 1 aliphatic heterocycles. The lowest BCUT2D eigenvalue weighted by atomic mass is 9.92. The first kappa shape index (κ1) is 12.2. The second kappa shape index (κ2) is 4.24. The predicted octanol–water partition coefficient (Wildman–Crippen LogP) is 3.19. The number of cyclic esters (lactones) is 1. The van der Waals surface area contributed by atoms with Crippen molar-refractivity contribution in [3.8, 4) is 0 Å². The van der Waals surface area contributed by atoms with Crippen LogP contribution in [0.2, 0.25) is 0 Å². The largest absolute Gasteiger partial charge is 0.447 e. The maximum Gasteiger partial charge on any atom is 0.410 e. The van der Waals surface area contributed by atoms with Gasteiger partial charge in [-0.1, -0.05) is 38.1 Å². The van der Waals surface area contributed by atoms with E-state index in [0.29, 0.717) is 30.4 Å². The van der Waals surface area contributed by atoms with Crippen LogP contribution in [0, 0.1) is 11.8 Å². The van der Waals surface area contributed by atoms with Crippen LogP contribution in [0.25, 0.3) is 0 Å². The second-order valence-electron chi connectivity index (χ2n) is 6.71. The van der Waals surface area contributed by atoms with Crippen molar-refractivity contribution in [2.24, 2.45) is 11.8 Å². The minimum atomic E-state index is -0.0967. The zero-order valence-corrected chi connectivity index (χ0v) is 12.1. The molecule has 0 bridgehead atoms. The van der Waals surface area contributed by atoms with Gasteiger partial charge in [0.2, 0.25) is 0 Å². The zero-order valence-electron chi connectivity index (χ0n) is 12.1. The molecule has 106 valence electrons. The summed E-state index contributed by atoms with van der Waals surface area (Å²) in [5, 5.41) is 0. The van der Waals surface area contributed by atoms with Gasteiger partial charge in [-0.2, -0.15) is 0 Å². The molecule has 1 aromatic carbocycles. The molecule has 3 heteroatoms. The Labute approximate surface area is 119 Å². The second-order valence-corrected chi connectivity index (χ2v) is 6.71. The number of carbonyl (C=O) groups is 1. The smallest absolute Gasteiger partial charge is 0.410 e. The van der Waals surface area contributed by atoms with Crippen LogP contribution in [0.3, 0.4) is 0 Å². The van der Waals surface area contributed by atoms with Crippen LogP contribution in [0.5, 0.6) is 0 Å². The molecule has 3 nitrogen and oxygen atoms in total. The molecule has 0 unspecified atom stereocenters. The van der Waals surface area contributed by atoms with Gasteiger partial charge < -0.3 is 4.74 Å². The van der Waals surface area contributed by atoms with Crippen molar-refractivity contribution in [1.29, 1.82) is 0 Å². The third kappa shape index (κ3) is 1.62. The van der Waals surface area contributed by atoms with Gasteiger partial charge in [-0.25, -0.2) is 4.79 Å². The summed E-state index contributed by atoms with van der Waals surface area (Å²) in [7, 11) is 0. The van der Waals surface area contributed by atoms with Crippen LogP contribution in [0.15, 0.2) is 24.3 Å². The lowest BCUT2D eigenvalue weighted by Gasteiger charge is -2.25. The fraction of sp³-hybridized carbons (Fsp3) is 0.588. The van der Waals surface area contributed by atoms with Gasteiger partial charge in [0.15, 0.2) is 0 Å². The number of rotatable bonds is 2. The van der Waals surface area contributed by atoms with E-state index >= 15 is 0 Å². The summed E-state index contributed by atoms with van der Waals surface area (Å²) in [6, 6.07) is 9.36. The van der Waals surface area contributed by atoms with Gasteiger partial charge in [0, 0.05) is 12.0 Å². The fourth-order valence-corrected chi connectivity index (χ4v) is 4.21. The van der Waals surface area contributed by atoms with E-state index in [0.717, 1.165) is 6.42 Å². The molecule has 0 spiro atoms. The molecule has 1 amide bonds. The quantitative estimate of drug-likeness (QED) is 0.826. The lowest BCUT2D eigenvalue weighted by Crippen LogP contribution is -2.40. The number of fused-ring (bicyclic) bond motifs is 3. The molecule has 1 saturated carbocycles. The van der Waals surface area contributed by atoms with E-state index in [1.807, 2.05) is 0 Å². The highest BCUT2D eigenvalue weighted by Crippen LogP contribution is 2.58. The van der Waals surface area contributed by atoms with E-state index in [4.69, 9.17) is 4.74 Å². The maximum atomic E-state index is 12.1. The molecule has 1 heterocycles. The number of hydrogen-bond acceptors (Lipinski definition) is 2. The number of amides is 1. The van der Waals surface area contributed by atoms with Crippen molar-refractivity contribution in [2.75, 3.05) is 6.61 Å². The van der Waals surface area contributed by atoms with Crippen LogP contribution in [-0.4, -0.2) is 29.7 Å². The van der Waals surface area contributed by atoms with Crippen molar-refractivity contribution in [3.63, 3.8) is 0 Å². The van der Waals surface area contributed by atoms with Crippen molar-refractivity contribution in [3.05, 3.63) is 35.4 Å². The Morgan fingerprint density at radius 2 is 2.10 bits per heavy atom. The maximum absolute atomic E-state index is 12.1. The van der Waals surface area contributed by atoms with Crippen LogP contribution in [-0.2, 0) is 11.2 Å². The predicted molar refractivity (Wildman–Crippen MR) is 76.6 cm³/mol. The first-order chi connectivity index (χ1) is 9.68. The van der Waals surface area contributed by atoms with Gasteiger partial charge in [0.05, 0.1) is 6.04 Å². The Morgan fingerprint density at radius 3 is 2.90 bits per heavy atom. The summed E-state index contributed by atoms with van der Waals surface area (Å²) >= 11 is 0. The minimum absolute atomic E-state index is 0.0967. The molecule has 20 heavy (non-hydrogen) atoms. The molecule has 2 fully saturated rings. The first-order valence-corrected chi connectivity index (χ1v) is 7.71. The average molecular weight is 271 g/mol. The van der Waals surface area contributed by atoms with E-state index in [1.54, 1.807) is 0 Å². The van der Waals surface area contributed by atoms with Crippen LogP contribution >= 0.6 is 0 Å². The number of nitrogens with zero attached hydrogens (tertiary/aromatic N) is 1. The van der Waals surface area contributed by atoms with Gasteiger partial charge in [0.25, 0.3) is 0 Å². The minimum Gasteiger partial charge on any atom is -0.447 e. The summed E-state index contributed by atoms with van der Waals surface area (Å²) in [4.78, 5) is 14.2. The van der Waals surface area contributed by atoms with E-state index in [-0.39, 0.29) is 12.1 Å². The Kier molecular flexibility index (Phi) is 2.60. The standard InChI is InChI=1S/C17H21NO2/c1-10(2)14-9-20-17(19)18(14)16-13-8-7-11-5-3-4-6-12(11)15(13)16/h3-6,10,13-16H,7-9H2,1-2H3/t13-,14-,15+,16-/m1/s1. The summed E-state index contributed by atoms with van der Waals surface area (Å²) < 4.78 is 5.32. The highest BCUT2D eigenvalue weighted by Gasteiger charge is 2.60. The Bertz CT molecular complexity index is 554. The fourth-order valence-electron chi connectivity index (χ4n) is 4.21. The highest BCUT2D eigenvalue weighted by molar-refractivity contribution is 5.72. The van der Waals surface area contributed by atoms with Gasteiger partial charge in [-0.3, -0.25) is 4.90 Å². The van der Waals surface area contributed by atoms with Crippen LogP contribution in [0.4, 0.5) is 4.79 Å². The summed E-state index contributed by atoms with van der Waals surface area (Å²) in [6.07, 6.45) is 2.27. The summed E-state index contributed by atoms with van der Waals surface area (Å²) in [5.74, 6) is 1.66. The van der Waals surface area contributed by atoms with Crippen molar-refractivity contribution in [1.82, 2.24) is 4.90 Å². The number of carbonyl (C=O) groups excluding carboxylic acids is 1. The SMILES string of the molecule is CC(C)[C@H]1COC(=O)N1[C@@H]1[C@@H]2CCc3ccccc3[C@@H]21. The third-order valence-corrected chi connectivity index (χ3v) is 5.32. The number of ether oxygens (including phenoxy) is 1. The van der Waals surface area contributed by atoms with Gasteiger partial charge in [-0.05, 0) is 35.8 Å². The molecule has 0 aromatic heterocycles. The molecule has 1 aromatic rings. The molecule has 3 aliphatic rings. The van der Waals surface area contributed by atoms with Gasteiger partial charge >= 0.3 is 6.09 Å².